The van der Waals surface area contributed by atoms with Gasteiger partial charge in [0.05, 0.1) is 5.69 Å². The molecule has 3 aromatic rings. The van der Waals surface area contributed by atoms with E-state index < -0.39 is 0 Å². The molecule has 0 spiro atoms. The molecule has 27 heavy (non-hydrogen) atoms. The normalized spacial score (nSPS) is 10.9. The Morgan fingerprint density at radius 3 is 2.56 bits per heavy atom. The molecule has 0 aliphatic rings. The van der Waals surface area contributed by atoms with Crippen molar-refractivity contribution in [3.63, 3.8) is 0 Å². The minimum Gasteiger partial charge on any atom is -0.354 e. The summed E-state index contributed by atoms with van der Waals surface area (Å²) in [6.45, 7) is 6.82. The summed E-state index contributed by atoms with van der Waals surface area (Å²) >= 11 is 1.32. The molecule has 0 aliphatic carbocycles. The standard InChI is InChI=1S/C20H20FN3O2S/c1-10-17(13(4)25)12(3)22-18(10)19(26)24-20-23-11(2)16(27-20)9-14-7-5-6-8-15(14)21/h5-8,22H,9H2,1-4H3,(H,23,24,26). The van der Waals surface area contributed by atoms with E-state index in [-0.39, 0.29) is 17.5 Å². The van der Waals surface area contributed by atoms with Crippen molar-refractivity contribution in [3.8, 4) is 0 Å². The van der Waals surface area contributed by atoms with Crippen molar-refractivity contribution in [2.75, 3.05) is 5.32 Å². The third-order valence-corrected chi connectivity index (χ3v) is 5.51. The Morgan fingerprint density at radius 1 is 1.22 bits per heavy atom. The molecule has 0 fully saturated rings. The summed E-state index contributed by atoms with van der Waals surface area (Å²) in [6.07, 6.45) is 0.418. The van der Waals surface area contributed by atoms with Crippen LogP contribution in [-0.4, -0.2) is 21.7 Å². The summed E-state index contributed by atoms with van der Waals surface area (Å²) < 4.78 is 13.9. The minimum atomic E-state index is -0.353. The number of carbonyl (C=O) groups is 2. The molecule has 2 heterocycles. The van der Waals surface area contributed by atoms with Gasteiger partial charge in [-0.2, -0.15) is 0 Å². The Hall–Kier alpha value is -2.80. The number of hydrogen-bond donors (Lipinski definition) is 2. The number of carbonyl (C=O) groups excluding carboxylic acids is 2. The smallest absolute Gasteiger partial charge is 0.274 e. The molecule has 3 rings (SSSR count). The van der Waals surface area contributed by atoms with Gasteiger partial charge in [0, 0.05) is 22.6 Å². The molecule has 2 aromatic heterocycles. The summed E-state index contributed by atoms with van der Waals surface area (Å²) in [6, 6.07) is 6.61. The molecule has 0 aliphatic heterocycles. The molecule has 0 atom stereocenters. The zero-order valence-electron chi connectivity index (χ0n) is 15.6. The van der Waals surface area contributed by atoms with E-state index in [0.717, 1.165) is 10.6 Å². The molecule has 7 heteroatoms. The highest BCUT2D eigenvalue weighted by atomic mass is 32.1. The summed E-state index contributed by atoms with van der Waals surface area (Å²) in [5, 5.41) is 3.22. The first-order valence-corrected chi connectivity index (χ1v) is 9.30. The third kappa shape index (κ3) is 3.83. The van der Waals surface area contributed by atoms with Crippen LogP contribution in [0.15, 0.2) is 24.3 Å². The summed E-state index contributed by atoms with van der Waals surface area (Å²) in [7, 11) is 0. The molecule has 2 N–H and O–H groups in total. The maximum absolute atomic E-state index is 13.9. The summed E-state index contributed by atoms with van der Waals surface area (Å²) in [5.74, 6) is -0.697. The molecule has 5 nitrogen and oxygen atoms in total. The number of aromatic nitrogens is 2. The topological polar surface area (TPSA) is 74.8 Å². The van der Waals surface area contributed by atoms with Gasteiger partial charge in [-0.3, -0.25) is 14.9 Å². The van der Waals surface area contributed by atoms with Gasteiger partial charge in [-0.25, -0.2) is 9.37 Å². The van der Waals surface area contributed by atoms with Crippen molar-refractivity contribution in [3.05, 3.63) is 68.7 Å². The molecule has 0 bridgehead atoms. The monoisotopic (exact) mass is 385 g/mol. The van der Waals surface area contributed by atoms with Crippen LogP contribution in [0.25, 0.3) is 0 Å². The van der Waals surface area contributed by atoms with Gasteiger partial charge in [0.25, 0.3) is 5.91 Å². The minimum absolute atomic E-state index is 0.0856. The van der Waals surface area contributed by atoms with Crippen molar-refractivity contribution in [1.29, 1.82) is 0 Å². The Bertz CT molecular complexity index is 1040. The quantitative estimate of drug-likeness (QED) is 0.631. The maximum atomic E-state index is 13.9. The number of ketones is 1. The number of nitrogens with one attached hydrogen (secondary N) is 2. The Balaban J connectivity index is 1.81. The van der Waals surface area contributed by atoms with Crippen molar-refractivity contribution in [2.24, 2.45) is 0 Å². The second-order valence-electron chi connectivity index (χ2n) is 6.43. The molecule has 0 saturated heterocycles. The van der Waals surface area contributed by atoms with Crippen LogP contribution in [0, 0.1) is 26.6 Å². The van der Waals surface area contributed by atoms with E-state index in [1.54, 1.807) is 32.0 Å². The fourth-order valence-electron chi connectivity index (χ4n) is 3.13. The number of aromatic amines is 1. The molecule has 0 radical (unpaired) electrons. The zero-order chi connectivity index (χ0) is 19.7. The van der Waals surface area contributed by atoms with Gasteiger partial charge < -0.3 is 4.98 Å². The molecular formula is C20H20FN3O2S. The van der Waals surface area contributed by atoms with Gasteiger partial charge in [-0.15, -0.1) is 11.3 Å². The van der Waals surface area contributed by atoms with Crippen LogP contribution in [0.5, 0.6) is 0 Å². The second kappa shape index (κ2) is 7.44. The third-order valence-electron chi connectivity index (χ3n) is 4.44. The molecule has 0 unspecified atom stereocenters. The maximum Gasteiger partial charge on any atom is 0.274 e. The number of hydrogen-bond acceptors (Lipinski definition) is 4. The lowest BCUT2D eigenvalue weighted by atomic mass is 10.1. The van der Waals surface area contributed by atoms with Crippen LogP contribution in [0.4, 0.5) is 9.52 Å². The number of benzene rings is 1. The van der Waals surface area contributed by atoms with Crippen LogP contribution >= 0.6 is 11.3 Å². The lowest BCUT2D eigenvalue weighted by Crippen LogP contribution is -2.13. The van der Waals surface area contributed by atoms with Crippen LogP contribution in [-0.2, 0) is 6.42 Å². The largest absolute Gasteiger partial charge is 0.354 e. The van der Waals surface area contributed by atoms with E-state index in [0.29, 0.717) is 39.6 Å². The van der Waals surface area contributed by atoms with Crippen molar-refractivity contribution in [2.45, 2.75) is 34.1 Å². The van der Waals surface area contributed by atoms with Gasteiger partial charge in [0.2, 0.25) is 0 Å². The number of rotatable bonds is 5. The fraction of sp³-hybridized carbons (Fsp3) is 0.250. The fourth-order valence-corrected chi connectivity index (χ4v) is 4.11. The lowest BCUT2D eigenvalue weighted by Gasteiger charge is -2.02. The molecular weight excluding hydrogens is 365 g/mol. The predicted octanol–water partition coefficient (Wildman–Crippen LogP) is 4.58. The van der Waals surface area contributed by atoms with E-state index in [4.69, 9.17) is 0 Å². The van der Waals surface area contributed by atoms with E-state index in [2.05, 4.69) is 15.3 Å². The van der Waals surface area contributed by atoms with Gasteiger partial charge in [-0.1, -0.05) is 18.2 Å². The number of Topliss-reactive ketones (excluding diaryl/α,β-unsaturated/α-hetero) is 1. The Morgan fingerprint density at radius 2 is 1.93 bits per heavy atom. The Kier molecular flexibility index (Phi) is 5.23. The van der Waals surface area contributed by atoms with E-state index in [1.165, 1.54) is 24.3 Å². The molecule has 0 saturated carbocycles. The van der Waals surface area contributed by atoms with Crippen molar-refractivity contribution in [1.82, 2.24) is 9.97 Å². The number of H-pyrrole nitrogens is 1. The average molecular weight is 385 g/mol. The van der Waals surface area contributed by atoms with Crippen LogP contribution < -0.4 is 5.32 Å². The number of amides is 1. The predicted molar refractivity (Wildman–Crippen MR) is 104 cm³/mol. The van der Waals surface area contributed by atoms with Crippen LogP contribution in [0.1, 0.15) is 55.2 Å². The van der Waals surface area contributed by atoms with Gasteiger partial charge >= 0.3 is 0 Å². The zero-order valence-corrected chi connectivity index (χ0v) is 16.4. The highest BCUT2D eigenvalue weighted by molar-refractivity contribution is 7.15. The SMILES string of the molecule is CC(=O)c1c(C)[nH]c(C(=O)Nc2nc(C)c(Cc3ccccc3F)s2)c1C. The highest BCUT2D eigenvalue weighted by Crippen LogP contribution is 2.27. The number of halogens is 1. The molecule has 140 valence electrons. The van der Waals surface area contributed by atoms with Gasteiger partial charge in [-0.05, 0) is 44.9 Å². The first-order valence-electron chi connectivity index (χ1n) is 8.49. The first kappa shape index (κ1) is 19.0. The lowest BCUT2D eigenvalue weighted by molar-refractivity contribution is 0.101. The van der Waals surface area contributed by atoms with Gasteiger partial charge in [0.1, 0.15) is 11.5 Å². The van der Waals surface area contributed by atoms with Crippen molar-refractivity contribution < 1.29 is 14.0 Å². The number of aryl methyl sites for hydroxylation is 2. The number of thiazole rings is 1. The van der Waals surface area contributed by atoms with E-state index in [9.17, 15) is 14.0 Å². The molecule has 1 amide bonds. The summed E-state index contributed by atoms with van der Waals surface area (Å²) in [4.78, 5) is 32.6. The van der Waals surface area contributed by atoms with Crippen LogP contribution in [0.3, 0.4) is 0 Å². The average Bonchev–Trinajstić information content (AvgIpc) is 3.08. The highest BCUT2D eigenvalue weighted by Gasteiger charge is 2.21. The van der Waals surface area contributed by atoms with E-state index in [1.807, 2.05) is 6.92 Å². The van der Waals surface area contributed by atoms with Crippen LogP contribution in [0.2, 0.25) is 0 Å². The first-order chi connectivity index (χ1) is 12.8. The number of nitrogens with zero attached hydrogens (tertiary/aromatic N) is 1. The second-order valence-corrected chi connectivity index (χ2v) is 7.51. The van der Waals surface area contributed by atoms with E-state index >= 15 is 0 Å². The summed E-state index contributed by atoms with van der Waals surface area (Å²) in [5.41, 5.74) is 3.52. The Labute approximate surface area is 160 Å². The molecule has 1 aromatic carbocycles. The van der Waals surface area contributed by atoms with Crippen molar-refractivity contribution >= 4 is 28.2 Å². The number of anilines is 1. The van der Waals surface area contributed by atoms with Gasteiger partial charge in [0.15, 0.2) is 10.9 Å².